The van der Waals surface area contributed by atoms with E-state index in [-0.39, 0.29) is 12.6 Å². The van der Waals surface area contributed by atoms with E-state index in [0.717, 1.165) is 4.88 Å². The Hall–Kier alpha value is -1.02. The van der Waals surface area contributed by atoms with Crippen molar-refractivity contribution in [2.24, 2.45) is 0 Å². The first-order chi connectivity index (χ1) is 7.54. The minimum absolute atomic E-state index is 0.0374. The molecular formula is C11H12ClNO2S. The number of halogens is 1. The van der Waals surface area contributed by atoms with E-state index in [9.17, 15) is 4.79 Å². The van der Waals surface area contributed by atoms with Crippen LogP contribution >= 0.6 is 22.9 Å². The smallest absolute Gasteiger partial charge is 0.317 e. The molecule has 0 saturated heterocycles. The number of carboxylic acids is 1. The number of carboxylic acid groups (broad SMARTS) is 1. The fourth-order valence-corrected chi connectivity index (χ4v) is 2.50. The van der Waals surface area contributed by atoms with E-state index in [0.29, 0.717) is 10.9 Å². The van der Waals surface area contributed by atoms with Crippen LogP contribution in [0.2, 0.25) is 4.34 Å². The van der Waals surface area contributed by atoms with Gasteiger partial charge in [-0.05, 0) is 19.1 Å². The van der Waals surface area contributed by atoms with Crippen LogP contribution in [0, 0.1) is 12.3 Å². The summed E-state index contributed by atoms with van der Waals surface area (Å²) in [6.45, 7) is 2.16. The fourth-order valence-electron chi connectivity index (χ4n) is 1.35. The molecule has 16 heavy (non-hydrogen) atoms. The number of carbonyl (C=O) groups is 1. The lowest BCUT2D eigenvalue weighted by atomic mass is 10.2. The van der Waals surface area contributed by atoms with Crippen molar-refractivity contribution in [2.75, 3.05) is 13.1 Å². The summed E-state index contributed by atoms with van der Waals surface area (Å²) in [7, 11) is 0. The van der Waals surface area contributed by atoms with Crippen molar-refractivity contribution < 1.29 is 9.90 Å². The zero-order chi connectivity index (χ0) is 12.1. The minimum Gasteiger partial charge on any atom is -0.480 e. The molecule has 5 heteroatoms. The molecule has 0 aromatic carbocycles. The number of hydrogen-bond donors (Lipinski definition) is 1. The Labute approximate surface area is 104 Å². The Morgan fingerprint density at radius 2 is 2.44 bits per heavy atom. The molecule has 0 spiro atoms. The average Bonchev–Trinajstić information content (AvgIpc) is 2.62. The second-order valence-electron chi connectivity index (χ2n) is 3.32. The highest BCUT2D eigenvalue weighted by molar-refractivity contribution is 7.16. The molecule has 0 saturated carbocycles. The molecule has 0 radical (unpaired) electrons. The topological polar surface area (TPSA) is 40.5 Å². The minimum atomic E-state index is -0.884. The molecule has 86 valence electrons. The van der Waals surface area contributed by atoms with E-state index in [4.69, 9.17) is 23.1 Å². The molecule has 0 aliphatic carbocycles. The lowest BCUT2D eigenvalue weighted by Crippen LogP contribution is -2.32. The maximum absolute atomic E-state index is 10.7. The number of nitrogens with zero attached hydrogens (tertiary/aromatic N) is 1. The fraction of sp³-hybridized carbons (Fsp3) is 0.364. The third-order valence-corrected chi connectivity index (χ3v) is 3.59. The maximum Gasteiger partial charge on any atom is 0.317 e. The van der Waals surface area contributed by atoms with Crippen molar-refractivity contribution in [2.45, 2.75) is 13.0 Å². The highest BCUT2D eigenvalue weighted by Crippen LogP contribution is 2.29. The first-order valence-corrected chi connectivity index (χ1v) is 5.88. The summed E-state index contributed by atoms with van der Waals surface area (Å²) in [4.78, 5) is 13.4. The number of aliphatic carboxylic acids is 1. The molecule has 0 fully saturated rings. The van der Waals surface area contributed by atoms with E-state index in [1.807, 2.05) is 13.0 Å². The van der Waals surface area contributed by atoms with Crippen molar-refractivity contribution in [3.05, 3.63) is 21.3 Å². The molecule has 1 aromatic rings. The third kappa shape index (κ3) is 3.53. The van der Waals surface area contributed by atoms with E-state index in [1.165, 1.54) is 11.3 Å². The van der Waals surface area contributed by atoms with Crippen LogP contribution in [-0.4, -0.2) is 29.1 Å². The van der Waals surface area contributed by atoms with Gasteiger partial charge in [-0.25, -0.2) is 0 Å². The molecule has 1 rings (SSSR count). The SMILES string of the molecule is C#CCN(CC(=O)O)C(C)c1ccc(Cl)s1. The van der Waals surface area contributed by atoms with Crippen LogP contribution in [0.4, 0.5) is 0 Å². The largest absolute Gasteiger partial charge is 0.480 e. The highest BCUT2D eigenvalue weighted by Gasteiger charge is 2.18. The Bertz CT molecular complexity index is 410. The summed E-state index contributed by atoms with van der Waals surface area (Å²) in [6, 6.07) is 3.65. The van der Waals surface area contributed by atoms with Crippen LogP contribution in [0.5, 0.6) is 0 Å². The third-order valence-electron chi connectivity index (χ3n) is 2.19. The number of thiophene rings is 1. The predicted octanol–water partition coefficient (Wildman–Crippen LogP) is 2.48. The molecule has 0 bridgehead atoms. The van der Waals surface area contributed by atoms with E-state index in [1.54, 1.807) is 11.0 Å². The predicted molar refractivity (Wildman–Crippen MR) is 65.8 cm³/mol. The van der Waals surface area contributed by atoms with Gasteiger partial charge < -0.3 is 5.11 Å². The van der Waals surface area contributed by atoms with Gasteiger partial charge in [-0.15, -0.1) is 17.8 Å². The van der Waals surface area contributed by atoms with Gasteiger partial charge in [0.1, 0.15) is 0 Å². The first-order valence-electron chi connectivity index (χ1n) is 4.69. The molecule has 1 heterocycles. The van der Waals surface area contributed by atoms with E-state index in [2.05, 4.69) is 5.92 Å². The van der Waals surface area contributed by atoms with Crippen molar-refractivity contribution in [3.63, 3.8) is 0 Å². The molecule has 1 atom stereocenters. The zero-order valence-electron chi connectivity index (χ0n) is 8.81. The van der Waals surface area contributed by atoms with Crippen molar-refractivity contribution >= 4 is 28.9 Å². The second-order valence-corrected chi connectivity index (χ2v) is 5.07. The summed E-state index contributed by atoms with van der Waals surface area (Å²) < 4.78 is 0.692. The molecule has 1 aromatic heterocycles. The first kappa shape index (κ1) is 13.0. The monoisotopic (exact) mass is 257 g/mol. The van der Waals surface area contributed by atoms with Gasteiger partial charge in [-0.3, -0.25) is 9.69 Å². The van der Waals surface area contributed by atoms with Gasteiger partial charge in [0.05, 0.1) is 17.4 Å². The molecule has 1 unspecified atom stereocenters. The Balaban J connectivity index is 2.78. The van der Waals surface area contributed by atoms with Gasteiger partial charge in [0.15, 0.2) is 0 Å². The van der Waals surface area contributed by atoms with Crippen LogP contribution in [0.15, 0.2) is 12.1 Å². The quantitative estimate of drug-likeness (QED) is 0.824. The number of hydrogen-bond acceptors (Lipinski definition) is 3. The van der Waals surface area contributed by atoms with Gasteiger partial charge in [-0.2, -0.15) is 0 Å². The average molecular weight is 258 g/mol. The van der Waals surface area contributed by atoms with Crippen LogP contribution in [0.1, 0.15) is 17.8 Å². The van der Waals surface area contributed by atoms with Crippen LogP contribution in [0.3, 0.4) is 0 Å². The molecule has 0 aliphatic rings. The summed E-state index contributed by atoms with van der Waals surface area (Å²) in [5, 5.41) is 8.78. The number of rotatable bonds is 5. The lowest BCUT2D eigenvalue weighted by molar-refractivity contribution is -0.138. The Morgan fingerprint density at radius 3 is 2.88 bits per heavy atom. The zero-order valence-corrected chi connectivity index (χ0v) is 10.4. The van der Waals surface area contributed by atoms with E-state index >= 15 is 0 Å². The Kier molecular flexibility index (Phi) is 4.81. The molecule has 3 nitrogen and oxygen atoms in total. The van der Waals surface area contributed by atoms with Crippen molar-refractivity contribution in [3.8, 4) is 12.3 Å². The molecular weight excluding hydrogens is 246 g/mol. The Morgan fingerprint density at radius 1 is 1.75 bits per heavy atom. The summed E-state index contributed by atoms with van der Waals surface area (Å²) in [6.07, 6.45) is 5.22. The maximum atomic E-state index is 10.7. The van der Waals surface area contributed by atoms with Gasteiger partial charge in [0, 0.05) is 10.9 Å². The summed E-state index contributed by atoms with van der Waals surface area (Å²) >= 11 is 7.27. The second kappa shape index (κ2) is 5.90. The van der Waals surface area contributed by atoms with Gasteiger partial charge in [0.2, 0.25) is 0 Å². The molecule has 0 aliphatic heterocycles. The molecule has 0 amide bonds. The highest BCUT2D eigenvalue weighted by atomic mass is 35.5. The lowest BCUT2D eigenvalue weighted by Gasteiger charge is -2.24. The summed E-state index contributed by atoms with van der Waals surface area (Å²) in [5.41, 5.74) is 0. The van der Waals surface area contributed by atoms with Gasteiger partial charge in [-0.1, -0.05) is 17.5 Å². The molecule has 1 N–H and O–H groups in total. The standard InChI is InChI=1S/C11H12ClNO2S/c1-3-6-13(7-11(14)15)8(2)9-4-5-10(12)16-9/h1,4-5,8H,6-7H2,2H3,(H,14,15). The van der Waals surface area contributed by atoms with Gasteiger partial charge in [0.25, 0.3) is 0 Å². The van der Waals surface area contributed by atoms with Crippen LogP contribution in [-0.2, 0) is 4.79 Å². The number of terminal acetylenes is 1. The van der Waals surface area contributed by atoms with Crippen LogP contribution < -0.4 is 0 Å². The van der Waals surface area contributed by atoms with Gasteiger partial charge >= 0.3 is 5.97 Å². The van der Waals surface area contributed by atoms with E-state index < -0.39 is 5.97 Å². The van der Waals surface area contributed by atoms with Crippen molar-refractivity contribution in [1.82, 2.24) is 4.90 Å². The van der Waals surface area contributed by atoms with Crippen LogP contribution in [0.25, 0.3) is 0 Å². The van der Waals surface area contributed by atoms with Crippen molar-refractivity contribution in [1.29, 1.82) is 0 Å². The summed E-state index contributed by atoms with van der Waals surface area (Å²) in [5.74, 6) is 1.58. The normalized spacial score (nSPS) is 12.4.